The number of nitrogens with one attached hydrogen (secondary N) is 1. The highest BCUT2D eigenvalue weighted by Gasteiger charge is 2.27. The van der Waals surface area contributed by atoms with Gasteiger partial charge in [-0.05, 0) is 18.6 Å². The molecular weight excluding hydrogens is 266 g/mol. The van der Waals surface area contributed by atoms with Gasteiger partial charge in [-0.15, -0.1) is 0 Å². The number of nitro groups is 1. The summed E-state index contributed by atoms with van der Waals surface area (Å²) < 4.78 is 0. The molecule has 0 amide bonds. The van der Waals surface area contributed by atoms with Crippen LogP contribution in [0.1, 0.15) is 24.9 Å². The maximum atomic E-state index is 11.2. The Morgan fingerprint density at radius 1 is 1.47 bits per heavy atom. The Hall–Kier alpha value is -1.17. The molecule has 0 radical (unpaired) electrons. The normalized spacial score (nSPS) is 18.2. The summed E-state index contributed by atoms with van der Waals surface area (Å²) in [4.78, 5) is 13.1. The number of piperazine rings is 1. The van der Waals surface area contributed by atoms with Crippen LogP contribution in [0.2, 0.25) is 5.02 Å². The molecule has 1 saturated heterocycles. The van der Waals surface area contributed by atoms with Gasteiger partial charge in [-0.2, -0.15) is 0 Å². The van der Waals surface area contributed by atoms with Gasteiger partial charge < -0.3 is 5.32 Å². The van der Waals surface area contributed by atoms with Crippen LogP contribution in [0.3, 0.4) is 0 Å². The van der Waals surface area contributed by atoms with Gasteiger partial charge in [-0.25, -0.2) is 0 Å². The van der Waals surface area contributed by atoms with E-state index in [-0.39, 0.29) is 16.7 Å². The van der Waals surface area contributed by atoms with Crippen molar-refractivity contribution < 1.29 is 4.92 Å². The van der Waals surface area contributed by atoms with E-state index < -0.39 is 0 Å². The highest BCUT2D eigenvalue weighted by molar-refractivity contribution is 6.30. The zero-order chi connectivity index (χ0) is 13.8. The fourth-order valence-corrected chi connectivity index (χ4v) is 2.81. The molecule has 0 saturated carbocycles. The predicted octanol–water partition coefficient (Wildman–Crippen LogP) is 2.60. The predicted molar refractivity (Wildman–Crippen MR) is 75.6 cm³/mol. The van der Waals surface area contributed by atoms with Crippen molar-refractivity contribution in [3.63, 3.8) is 0 Å². The largest absolute Gasteiger partial charge is 0.314 e. The molecule has 0 aliphatic carbocycles. The van der Waals surface area contributed by atoms with Crippen LogP contribution in [-0.4, -0.2) is 36.0 Å². The minimum absolute atomic E-state index is 0.0567. The standard InChI is InChI=1S/C13H18ClN3O2/c1-2-12(16-7-5-15-6-8-16)11-9-10(14)3-4-13(11)17(18)19/h3-4,9,12,15H,2,5-8H2,1H3/t12-/m0/s1. The minimum atomic E-state index is -0.323. The van der Waals surface area contributed by atoms with Crippen molar-refractivity contribution in [1.29, 1.82) is 0 Å². The number of nitrogens with zero attached hydrogens (tertiary/aromatic N) is 2. The topological polar surface area (TPSA) is 58.4 Å². The van der Waals surface area contributed by atoms with Gasteiger partial charge in [0.2, 0.25) is 0 Å². The molecule has 2 rings (SSSR count). The molecule has 0 bridgehead atoms. The van der Waals surface area contributed by atoms with E-state index >= 15 is 0 Å². The van der Waals surface area contributed by atoms with E-state index in [4.69, 9.17) is 11.6 Å². The monoisotopic (exact) mass is 283 g/mol. The first kappa shape index (κ1) is 14.2. The van der Waals surface area contributed by atoms with E-state index in [1.807, 2.05) is 0 Å². The van der Waals surface area contributed by atoms with Gasteiger partial charge in [0.15, 0.2) is 0 Å². The van der Waals surface area contributed by atoms with Gasteiger partial charge in [0.1, 0.15) is 0 Å². The van der Waals surface area contributed by atoms with Crippen LogP contribution in [0, 0.1) is 10.1 Å². The molecule has 1 fully saturated rings. The van der Waals surface area contributed by atoms with Crippen molar-refractivity contribution in [2.75, 3.05) is 26.2 Å². The molecule has 1 aromatic carbocycles. The van der Waals surface area contributed by atoms with E-state index in [2.05, 4.69) is 17.1 Å². The molecule has 104 valence electrons. The van der Waals surface area contributed by atoms with Crippen molar-refractivity contribution >= 4 is 17.3 Å². The summed E-state index contributed by atoms with van der Waals surface area (Å²) in [5.41, 5.74) is 0.886. The number of benzene rings is 1. The van der Waals surface area contributed by atoms with Crippen LogP contribution >= 0.6 is 11.6 Å². The van der Waals surface area contributed by atoms with E-state index in [1.165, 1.54) is 6.07 Å². The van der Waals surface area contributed by atoms with E-state index in [1.54, 1.807) is 12.1 Å². The van der Waals surface area contributed by atoms with Gasteiger partial charge in [0.25, 0.3) is 5.69 Å². The van der Waals surface area contributed by atoms with E-state index in [9.17, 15) is 10.1 Å². The second-order valence-electron chi connectivity index (χ2n) is 4.67. The minimum Gasteiger partial charge on any atom is -0.314 e. The summed E-state index contributed by atoms with van der Waals surface area (Å²) in [5.74, 6) is 0. The Morgan fingerprint density at radius 2 is 2.16 bits per heavy atom. The fourth-order valence-electron chi connectivity index (χ4n) is 2.63. The fraction of sp³-hybridized carbons (Fsp3) is 0.538. The lowest BCUT2D eigenvalue weighted by atomic mass is 10.00. The molecule has 5 nitrogen and oxygen atoms in total. The Kier molecular flexibility index (Phi) is 4.74. The lowest BCUT2D eigenvalue weighted by Gasteiger charge is -2.34. The van der Waals surface area contributed by atoms with Crippen molar-refractivity contribution in [3.05, 3.63) is 38.9 Å². The van der Waals surface area contributed by atoms with Crippen LogP contribution < -0.4 is 5.32 Å². The third kappa shape index (κ3) is 3.23. The summed E-state index contributed by atoms with van der Waals surface area (Å²) in [7, 11) is 0. The zero-order valence-corrected chi connectivity index (χ0v) is 11.7. The molecule has 1 aliphatic heterocycles. The van der Waals surface area contributed by atoms with Gasteiger partial charge in [0.05, 0.1) is 4.92 Å². The lowest BCUT2D eigenvalue weighted by Crippen LogP contribution is -2.45. The maximum absolute atomic E-state index is 11.2. The molecule has 1 N–H and O–H groups in total. The Bertz CT molecular complexity index is 461. The SMILES string of the molecule is CC[C@@H](c1cc(Cl)ccc1[N+](=O)[O-])N1CCNCC1. The quantitative estimate of drug-likeness (QED) is 0.682. The summed E-state index contributed by atoms with van der Waals surface area (Å²) in [6.45, 7) is 5.71. The maximum Gasteiger partial charge on any atom is 0.274 e. The molecule has 0 unspecified atom stereocenters. The Balaban J connectivity index is 2.35. The average Bonchev–Trinajstić information content (AvgIpc) is 2.40. The molecule has 1 atom stereocenters. The smallest absolute Gasteiger partial charge is 0.274 e. The van der Waals surface area contributed by atoms with Crippen LogP contribution in [0.25, 0.3) is 0 Å². The number of hydrogen-bond donors (Lipinski definition) is 1. The third-order valence-electron chi connectivity index (χ3n) is 3.52. The summed E-state index contributed by atoms with van der Waals surface area (Å²) >= 11 is 6.01. The van der Waals surface area contributed by atoms with E-state index in [0.29, 0.717) is 5.02 Å². The first-order chi connectivity index (χ1) is 9.13. The highest BCUT2D eigenvalue weighted by atomic mass is 35.5. The van der Waals surface area contributed by atoms with Crippen molar-refractivity contribution in [3.8, 4) is 0 Å². The second-order valence-corrected chi connectivity index (χ2v) is 5.11. The van der Waals surface area contributed by atoms with Crippen LogP contribution in [-0.2, 0) is 0 Å². The zero-order valence-electron chi connectivity index (χ0n) is 10.9. The van der Waals surface area contributed by atoms with Gasteiger partial charge in [-0.1, -0.05) is 18.5 Å². The molecule has 1 aliphatic rings. The first-order valence-electron chi connectivity index (χ1n) is 6.52. The summed E-state index contributed by atoms with van der Waals surface area (Å²) in [5, 5.41) is 15.0. The molecule has 1 heterocycles. The Labute approximate surface area is 117 Å². The summed E-state index contributed by atoms with van der Waals surface area (Å²) in [6.07, 6.45) is 0.835. The molecule has 0 aromatic heterocycles. The van der Waals surface area contributed by atoms with Crippen molar-refractivity contribution in [1.82, 2.24) is 10.2 Å². The third-order valence-corrected chi connectivity index (χ3v) is 3.76. The van der Waals surface area contributed by atoms with Crippen LogP contribution in [0.15, 0.2) is 18.2 Å². The molecule has 6 heteroatoms. The Morgan fingerprint density at radius 3 is 2.74 bits per heavy atom. The number of hydrogen-bond acceptors (Lipinski definition) is 4. The number of nitro benzene ring substituents is 1. The van der Waals surface area contributed by atoms with Crippen molar-refractivity contribution in [2.24, 2.45) is 0 Å². The van der Waals surface area contributed by atoms with Crippen molar-refractivity contribution in [2.45, 2.75) is 19.4 Å². The lowest BCUT2D eigenvalue weighted by molar-refractivity contribution is -0.386. The van der Waals surface area contributed by atoms with Crippen LogP contribution in [0.4, 0.5) is 5.69 Å². The molecule has 0 spiro atoms. The van der Waals surface area contributed by atoms with Gasteiger partial charge >= 0.3 is 0 Å². The van der Waals surface area contributed by atoms with E-state index in [0.717, 1.165) is 38.2 Å². The molecule has 19 heavy (non-hydrogen) atoms. The van der Waals surface area contributed by atoms with Crippen LogP contribution in [0.5, 0.6) is 0 Å². The average molecular weight is 284 g/mol. The van der Waals surface area contributed by atoms with Gasteiger partial charge in [0, 0.05) is 48.9 Å². The summed E-state index contributed by atoms with van der Waals surface area (Å²) in [6, 6.07) is 4.87. The molecule has 1 aromatic rings. The number of halogens is 1. The highest BCUT2D eigenvalue weighted by Crippen LogP contribution is 2.33. The number of rotatable bonds is 4. The molecular formula is C13H18ClN3O2. The second kappa shape index (κ2) is 6.32. The first-order valence-corrected chi connectivity index (χ1v) is 6.90. The van der Waals surface area contributed by atoms with Gasteiger partial charge in [-0.3, -0.25) is 15.0 Å².